The molecule has 1 saturated heterocycles. The van der Waals surface area contributed by atoms with Gasteiger partial charge in [-0.05, 0) is 44.6 Å². The summed E-state index contributed by atoms with van der Waals surface area (Å²) in [5, 5.41) is 6.17. The topological polar surface area (TPSA) is 41.1 Å². The third-order valence-electron chi connectivity index (χ3n) is 3.42. The van der Waals surface area contributed by atoms with Gasteiger partial charge in [0.05, 0.1) is 6.54 Å². The third kappa shape index (κ3) is 4.55. The SMILES string of the molecule is Cc1ccc(NC(=O)CNCC2(C)CCCS2)cc1. The van der Waals surface area contributed by atoms with E-state index in [2.05, 4.69) is 17.6 Å². The minimum Gasteiger partial charge on any atom is -0.325 e. The van der Waals surface area contributed by atoms with Crippen LogP contribution in [-0.4, -0.2) is 29.5 Å². The van der Waals surface area contributed by atoms with Crippen LogP contribution in [0.5, 0.6) is 0 Å². The Bertz CT molecular complexity index is 424. The Morgan fingerprint density at radius 1 is 1.37 bits per heavy atom. The number of hydrogen-bond acceptors (Lipinski definition) is 3. The zero-order chi connectivity index (χ0) is 13.7. The van der Waals surface area contributed by atoms with Crippen molar-refractivity contribution in [2.75, 3.05) is 24.2 Å². The molecule has 1 aliphatic rings. The molecule has 104 valence electrons. The number of carbonyl (C=O) groups is 1. The van der Waals surface area contributed by atoms with Gasteiger partial charge in [0, 0.05) is 17.0 Å². The molecule has 1 heterocycles. The lowest BCUT2D eigenvalue weighted by molar-refractivity contribution is -0.115. The van der Waals surface area contributed by atoms with E-state index in [1.807, 2.05) is 43.0 Å². The highest BCUT2D eigenvalue weighted by Gasteiger charge is 2.28. The second-order valence-corrected chi connectivity index (χ2v) is 7.10. The van der Waals surface area contributed by atoms with E-state index >= 15 is 0 Å². The van der Waals surface area contributed by atoms with Crippen molar-refractivity contribution in [2.24, 2.45) is 0 Å². The lowest BCUT2D eigenvalue weighted by Gasteiger charge is -2.22. The van der Waals surface area contributed by atoms with Crippen LogP contribution < -0.4 is 10.6 Å². The molecule has 19 heavy (non-hydrogen) atoms. The predicted octanol–water partition coefficient (Wildman–Crippen LogP) is 2.81. The van der Waals surface area contributed by atoms with Gasteiger partial charge >= 0.3 is 0 Å². The van der Waals surface area contributed by atoms with Crippen LogP contribution in [0, 0.1) is 6.92 Å². The van der Waals surface area contributed by atoms with Crippen LogP contribution >= 0.6 is 11.8 Å². The lowest BCUT2D eigenvalue weighted by atomic mass is 10.1. The summed E-state index contributed by atoms with van der Waals surface area (Å²) in [5.41, 5.74) is 2.06. The number of carbonyl (C=O) groups excluding carboxylic acids is 1. The molecule has 1 fully saturated rings. The fourth-order valence-corrected chi connectivity index (χ4v) is 3.53. The Labute approximate surface area is 119 Å². The number of hydrogen-bond donors (Lipinski definition) is 2. The average Bonchev–Trinajstić information content (AvgIpc) is 2.79. The van der Waals surface area contributed by atoms with E-state index in [1.165, 1.54) is 24.2 Å². The molecule has 1 aromatic rings. The number of rotatable bonds is 5. The van der Waals surface area contributed by atoms with Crippen LogP contribution in [0.2, 0.25) is 0 Å². The van der Waals surface area contributed by atoms with Gasteiger partial charge in [-0.1, -0.05) is 17.7 Å². The van der Waals surface area contributed by atoms with Gasteiger partial charge in [-0.15, -0.1) is 0 Å². The quantitative estimate of drug-likeness (QED) is 0.870. The Hall–Kier alpha value is -1.00. The molecule has 1 amide bonds. The Morgan fingerprint density at radius 2 is 2.11 bits per heavy atom. The maximum atomic E-state index is 11.8. The van der Waals surface area contributed by atoms with Gasteiger partial charge in [0.25, 0.3) is 0 Å². The molecule has 0 aromatic heterocycles. The summed E-state index contributed by atoms with van der Waals surface area (Å²) in [4.78, 5) is 11.8. The van der Waals surface area contributed by atoms with Crippen LogP contribution in [0.3, 0.4) is 0 Å². The molecule has 1 aliphatic heterocycles. The van der Waals surface area contributed by atoms with E-state index in [0.717, 1.165) is 12.2 Å². The highest BCUT2D eigenvalue weighted by atomic mass is 32.2. The first kappa shape index (κ1) is 14.4. The zero-order valence-corrected chi connectivity index (χ0v) is 12.5. The molecule has 0 spiro atoms. The monoisotopic (exact) mass is 278 g/mol. The van der Waals surface area contributed by atoms with Gasteiger partial charge in [0.15, 0.2) is 0 Å². The first-order chi connectivity index (χ1) is 9.07. The number of amides is 1. The summed E-state index contributed by atoms with van der Waals surface area (Å²) >= 11 is 2.01. The number of benzene rings is 1. The van der Waals surface area contributed by atoms with Crippen molar-refractivity contribution in [3.05, 3.63) is 29.8 Å². The number of thioether (sulfide) groups is 1. The van der Waals surface area contributed by atoms with Gasteiger partial charge in [-0.3, -0.25) is 4.79 Å². The second-order valence-electron chi connectivity index (χ2n) is 5.42. The molecule has 4 heteroatoms. The van der Waals surface area contributed by atoms with Crippen molar-refractivity contribution < 1.29 is 4.79 Å². The van der Waals surface area contributed by atoms with Gasteiger partial charge in [0.1, 0.15) is 0 Å². The zero-order valence-electron chi connectivity index (χ0n) is 11.7. The minimum absolute atomic E-state index is 0.0236. The summed E-state index contributed by atoms with van der Waals surface area (Å²) in [7, 11) is 0. The normalized spacial score (nSPS) is 22.4. The molecular formula is C15H22N2OS. The fraction of sp³-hybridized carbons (Fsp3) is 0.533. The van der Waals surface area contributed by atoms with E-state index in [9.17, 15) is 4.79 Å². The molecule has 1 aromatic carbocycles. The standard InChI is InChI=1S/C15H22N2OS/c1-12-4-6-13(7-5-12)17-14(18)10-16-11-15(2)8-3-9-19-15/h4-7,16H,3,8-11H2,1-2H3,(H,17,18). The van der Waals surface area contributed by atoms with Gasteiger partial charge in [-0.2, -0.15) is 11.8 Å². The van der Waals surface area contributed by atoms with E-state index in [1.54, 1.807) is 0 Å². The first-order valence-corrected chi connectivity index (χ1v) is 7.77. The predicted molar refractivity (Wildman–Crippen MR) is 82.8 cm³/mol. The number of anilines is 1. The summed E-state index contributed by atoms with van der Waals surface area (Å²) in [6.07, 6.45) is 2.53. The molecule has 0 saturated carbocycles. The fourth-order valence-electron chi connectivity index (χ4n) is 2.26. The van der Waals surface area contributed by atoms with Crippen molar-refractivity contribution in [1.82, 2.24) is 5.32 Å². The third-order valence-corrected chi connectivity index (χ3v) is 4.96. The van der Waals surface area contributed by atoms with Crippen molar-refractivity contribution in [3.63, 3.8) is 0 Å². The summed E-state index contributed by atoms with van der Waals surface area (Å²) in [5.74, 6) is 1.27. The molecule has 0 bridgehead atoms. The summed E-state index contributed by atoms with van der Waals surface area (Å²) in [6.45, 7) is 5.59. The molecule has 1 atom stereocenters. The van der Waals surface area contributed by atoms with E-state index in [0.29, 0.717) is 11.3 Å². The summed E-state index contributed by atoms with van der Waals surface area (Å²) in [6, 6.07) is 7.86. The molecule has 2 rings (SSSR count). The van der Waals surface area contributed by atoms with Gasteiger partial charge < -0.3 is 10.6 Å². The maximum absolute atomic E-state index is 11.8. The van der Waals surface area contributed by atoms with Crippen molar-refractivity contribution in [1.29, 1.82) is 0 Å². The number of nitrogens with one attached hydrogen (secondary N) is 2. The van der Waals surface area contributed by atoms with E-state index in [-0.39, 0.29) is 5.91 Å². The van der Waals surface area contributed by atoms with Crippen molar-refractivity contribution in [3.8, 4) is 0 Å². The van der Waals surface area contributed by atoms with E-state index in [4.69, 9.17) is 0 Å². The van der Waals surface area contributed by atoms with Gasteiger partial charge in [-0.25, -0.2) is 0 Å². The van der Waals surface area contributed by atoms with E-state index < -0.39 is 0 Å². The van der Waals surface area contributed by atoms with Crippen molar-refractivity contribution in [2.45, 2.75) is 31.4 Å². The molecule has 0 radical (unpaired) electrons. The first-order valence-electron chi connectivity index (χ1n) is 6.79. The highest BCUT2D eigenvalue weighted by Crippen LogP contribution is 2.36. The van der Waals surface area contributed by atoms with Crippen LogP contribution in [-0.2, 0) is 4.79 Å². The molecule has 2 N–H and O–H groups in total. The maximum Gasteiger partial charge on any atom is 0.238 e. The Kier molecular flexibility index (Phi) is 4.88. The largest absolute Gasteiger partial charge is 0.325 e. The molecule has 3 nitrogen and oxygen atoms in total. The Morgan fingerprint density at radius 3 is 2.74 bits per heavy atom. The van der Waals surface area contributed by atoms with Crippen molar-refractivity contribution >= 4 is 23.4 Å². The lowest BCUT2D eigenvalue weighted by Crippen LogP contribution is -2.37. The van der Waals surface area contributed by atoms with Crippen LogP contribution in [0.4, 0.5) is 5.69 Å². The minimum atomic E-state index is 0.0236. The number of aryl methyl sites for hydroxylation is 1. The average molecular weight is 278 g/mol. The van der Waals surface area contributed by atoms with Crippen LogP contribution in [0.15, 0.2) is 24.3 Å². The molecular weight excluding hydrogens is 256 g/mol. The highest BCUT2D eigenvalue weighted by molar-refractivity contribution is 8.00. The second kappa shape index (κ2) is 6.44. The van der Waals surface area contributed by atoms with Crippen LogP contribution in [0.1, 0.15) is 25.3 Å². The molecule has 0 aliphatic carbocycles. The molecule has 1 unspecified atom stereocenters. The smallest absolute Gasteiger partial charge is 0.238 e. The Balaban J connectivity index is 1.71. The van der Waals surface area contributed by atoms with Crippen LogP contribution in [0.25, 0.3) is 0 Å². The van der Waals surface area contributed by atoms with Gasteiger partial charge in [0.2, 0.25) is 5.91 Å². The summed E-state index contributed by atoms with van der Waals surface area (Å²) < 4.78 is 0.310.